The van der Waals surface area contributed by atoms with Gasteiger partial charge in [-0.1, -0.05) is 58.4 Å². The molecule has 100 valence electrons. The predicted octanol–water partition coefficient (Wildman–Crippen LogP) is 3.09. The average molecular weight is 320 g/mol. The highest BCUT2D eigenvalue weighted by Gasteiger charge is 2.13. The van der Waals surface area contributed by atoms with Crippen LogP contribution in [0, 0.1) is 5.41 Å². The van der Waals surface area contributed by atoms with E-state index in [0.29, 0.717) is 5.71 Å². The summed E-state index contributed by atoms with van der Waals surface area (Å²) >= 11 is 3.37. The molecule has 0 fully saturated rings. The second kappa shape index (κ2) is 7.84. The second-order valence-electron chi connectivity index (χ2n) is 3.81. The van der Waals surface area contributed by atoms with Crippen molar-refractivity contribution in [3.8, 4) is 0 Å². The Balaban J connectivity index is 0.000000861. The summed E-state index contributed by atoms with van der Waals surface area (Å²) in [4.78, 5) is 0. The Kier molecular flexibility index (Phi) is 6.42. The van der Waals surface area contributed by atoms with Crippen LogP contribution in [0.1, 0.15) is 17.2 Å². The molecule has 0 amide bonds. The Morgan fingerprint density at radius 1 is 1.00 bits per heavy atom. The van der Waals surface area contributed by atoms with E-state index in [0.717, 1.165) is 15.6 Å². The summed E-state index contributed by atoms with van der Waals surface area (Å²) in [7, 11) is 1.50. The SMILES string of the molecule is CN.N=C(c1ccc(Br)cc1)C(N)c1ccccc1. The fourth-order valence-electron chi connectivity index (χ4n) is 1.64. The third-order valence-electron chi connectivity index (χ3n) is 2.62. The van der Waals surface area contributed by atoms with Crippen LogP contribution in [-0.4, -0.2) is 12.8 Å². The van der Waals surface area contributed by atoms with Crippen LogP contribution in [0.3, 0.4) is 0 Å². The van der Waals surface area contributed by atoms with Gasteiger partial charge in [0.1, 0.15) is 0 Å². The Hall–Kier alpha value is -1.49. The van der Waals surface area contributed by atoms with Gasteiger partial charge in [-0.05, 0) is 30.3 Å². The van der Waals surface area contributed by atoms with E-state index in [2.05, 4.69) is 21.7 Å². The van der Waals surface area contributed by atoms with Gasteiger partial charge in [0, 0.05) is 4.47 Å². The summed E-state index contributed by atoms with van der Waals surface area (Å²) < 4.78 is 1.00. The Bertz CT molecular complexity index is 509. The van der Waals surface area contributed by atoms with Crippen molar-refractivity contribution in [3.05, 3.63) is 70.2 Å². The van der Waals surface area contributed by atoms with Gasteiger partial charge >= 0.3 is 0 Å². The molecule has 2 rings (SSSR count). The molecule has 0 saturated heterocycles. The molecule has 1 unspecified atom stereocenters. The number of hydrogen-bond acceptors (Lipinski definition) is 3. The van der Waals surface area contributed by atoms with Crippen LogP contribution in [0.4, 0.5) is 0 Å². The van der Waals surface area contributed by atoms with E-state index in [1.54, 1.807) is 0 Å². The average Bonchev–Trinajstić information content (AvgIpc) is 2.49. The van der Waals surface area contributed by atoms with E-state index in [1.807, 2.05) is 54.6 Å². The van der Waals surface area contributed by atoms with E-state index in [1.165, 1.54) is 7.05 Å². The maximum Gasteiger partial charge on any atom is 0.0725 e. The van der Waals surface area contributed by atoms with Crippen LogP contribution in [0.2, 0.25) is 0 Å². The van der Waals surface area contributed by atoms with Crippen molar-refractivity contribution in [3.63, 3.8) is 0 Å². The number of hydrogen-bond donors (Lipinski definition) is 3. The molecule has 0 saturated carbocycles. The second-order valence-corrected chi connectivity index (χ2v) is 4.72. The molecule has 19 heavy (non-hydrogen) atoms. The van der Waals surface area contributed by atoms with E-state index in [-0.39, 0.29) is 6.04 Å². The fraction of sp³-hybridized carbons (Fsp3) is 0.133. The molecule has 2 aromatic rings. The van der Waals surface area contributed by atoms with Gasteiger partial charge in [0.05, 0.1) is 11.8 Å². The smallest absolute Gasteiger partial charge is 0.0725 e. The number of halogens is 1. The van der Waals surface area contributed by atoms with Crippen LogP contribution in [0.5, 0.6) is 0 Å². The highest BCUT2D eigenvalue weighted by Crippen LogP contribution is 2.17. The molecule has 0 aromatic heterocycles. The zero-order chi connectivity index (χ0) is 14.3. The minimum Gasteiger partial charge on any atom is -0.333 e. The topological polar surface area (TPSA) is 75.9 Å². The maximum atomic E-state index is 8.10. The monoisotopic (exact) mass is 319 g/mol. The number of benzene rings is 2. The first-order chi connectivity index (χ1) is 9.18. The molecule has 0 bridgehead atoms. The quantitative estimate of drug-likeness (QED) is 0.760. The molecule has 0 aliphatic rings. The Morgan fingerprint density at radius 2 is 1.53 bits per heavy atom. The molecular weight excluding hydrogens is 302 g/mol. The van der Waals surface area contributed by atoms with Gasteiger partial charge in [-0.15, -0.1) is 0 Å². The van der Waals surface area contributed by atoms with Crippen molar-refractivity contribution < 1.29 is 0 Å². The normalized spacial score (nSPS) is 11.2. The third-order valence-corrected chi connectivity index (χ3v) is 3.15. The van der Waals surface area contributed by atoms with E-state index < -0.39 is 0 Å². The number of nitrogens with one attached hydrogen (secondary N) is 1. The van der Waals surface area contributed by atoms with Crippen molar-refractivity contribution in [1.82, 2.24) is 0 Å². The number of rotatable bonds is 3. The summed E-state index contributed by atoms with van der Waals surface area (Å²) in [6, 6.07) is 17.0. The first-order valence-corrected chi connectivity index (χ1v) is 6.70. The molecule has 3 nitrogen and oxygen atoms in total. The molecule has 0 spiro atoms. The summed E-state index contributed by atoms with van der Waals surface area (Å²) in [5, 5.41) is 8.10. The Morgan fingerprint density at radius 3 is 2.05 bits per heavy atom. The minimum atomic E-state index is -0.377. The van der Waals surface area contributed by atoms with Crippen molar-refractivity contribution in [2.24, 2.45) is 11.5 Å². The third kappa shape index (κ3) is 4.28. The zero-order valence-electron chi connectivity index (χ0n) is 10.8. The van der Waals surface area contributed by atoms with Gasteiger partial charge in [0.2, 0.25) is 0 Å². The zero-order valence-corrected chi connectivity index (χ0v) is 12.4. The maximum absolute atomic E-state index is 8.10. The van der Waals surface area contributed by atoms with Crippen molar-refractivity contribution in [2.45, 2.75) is 6.04 Å². The largest absolute Gasteiger partial charge is 0.333 e. The lowest BCUT2D eigenvalue weighted by molar-refractivity contribution is 0.951. The molecule has 2 aromatic carbocycles. The summed E-state index contributed by atoms with van der Waals surface area (Å²) in [5.74, 6) is 0. The van der Waals surface area contributed by atoms with Crippen LogP contribution in [0.15, 0.2) is 59.1 Å². The van der Waals surface area contributed by atoms with Gasteiger partial charge in [-0.2, -0.15) is 0 Å². The minimum absolute atomic E-state index is 0.377. The highest BCUT2D eigenvalue weighted by atomic mass is 79.9. The summed E-state index contributed by atoms with van der Waals surface area (Å²) in [6.07, 6.45) is 0. The van der Waals surface area contributed by atoms with Gasteiger partial charge in [-0.25, -0.2) is 0 Å². The molecule has 5 N–H and O–H groups in total. The molecule has 0 aliphatic heterocycles. The van der Waals surface area contributed by atoms with Crippen LogP contribution < -0.4 is 11.5 Å². The number of nitrogens with two attached hydrogens (primary N) is 2. The lowest BCUT2D eigenvalue weighted by atomic mass is 9.98. The predicted molar refractivity (Wildman–Crippen MR) is 84.5 cm³/mol. The Labute approximate surface area is 122 Å². The molecule has 1 atom stereocenters. The molecular formula is C15H18BrN3. The van der Waals surface area contributed by atoms with Crippen LogP contribution in [-0.2, 0) is 0 Å². The van der Waals surface area contributed by atoms with Gasteiger partial charge in [-0.3, -0.25) is 0 Å². The molecule has 0 heterocycles. The van der Waals surface area contributed by atoms with Gasteiger partial charge in [0.25, 0.3) is 0 Å². The molecule has 0 aliphatic carbocycles. The first-order valence-electron chi connectivity index (χ1n) is 5.91. The van der Waals surface area contributed by atoms with E-state index >= 15 is 0 Å². The van der Waals surface area contributed by atoms with E-state index in [9.17, 15) is 0 Å². The van der Waals surface area contributed by atoms with Gasteiger partial charge < -0.3 is 16.9 Å². The van der Waals surface area contributed by atoms with Crippen molar-refractivity contribution in [1.29, 1.82) is 5.41 Å². The van der Waals surface area contributed by atoms with Crippen molar-refractivity contribution >= 4 is 21.6 Å². The summed E-state index contributed by atoms with van der Waals surface area (Å²) in [5.41, 5.74) is 12.8. The molecule has 4 heteroatoms. The standard InChI is InChI=1S/C14H13BrN2.CH5N/c15-12-8-6-11(7-9-12)14(17)13(16)10-4-2-1-3-5-10;1-2/h1-9,13,17H,16H2;2H2,1H3. The van der Waals surface area contributed by atoms with Crippen molar-refractivity contribution in [2.75, 3.05) is 7.05 Å². The van der Waals surface area contributed by atoms with Crippen LogP contribution >= 0.6 is 15.9 Å². The molecule has 0 radical (unpaired) electrons. The first kappa shape index (κ1) is 15.6. The lowest BCUT2D eigenvalue weighted by Gasteiger charge is -2.13. The summed E-state index contributed by atoms with van der Waals surface area (Å²) in [6.45, 7) is 0. The highest BCUT2D eigenvalue weighted by molar-refractivity contribution is 9.10. The van der Waals surface area contributed by atoms with E-state index in [4.69, 9.17) is 11.1 Å². The van der Waals surface area contributed by atoms with Crippen LogP contribution in [0.25, 0.3) is 0 Å². The lowest BCUT2D eigenvalue weighted by Crippen LogP contribution is -2.21. The van der Waals surface area contributed by atoms with Gasteiger partial charge in [0.15, 0.2) is 0 Å². The fourth-order valence-corrected chi connectivity index (χ4v) is 1.90.